The molecule has 2 aromatic heterocycles. The average molecular weight is 453 g/mol. The minimum Gasteiger partial charge on any atom is -0.352 e. The lowest BCUT2D eigenvalue weighted by atomic mass is 9.99. The normalized spacial score (nSPS) is 17.1. The van der Waals surface area contributed by atoms with Crippen LogP contribution in [-0.2, 0) is 24.3 Å². The van der Waals surface area contributed by atoms with Crippen molar-refractivity contribution in [2.75, 3.05) is 19.3 Å². The van der Waals surface area contributed by atoms with Gasteiger partial charge in [0.05, 0.1) is 6.42 Å². The molecule has 3 heterocycles. The first kappa shape index (κ1) is 22.7. The Bertz CT molecular complexity index is 1090. The second-order valence-corrected chi connectivity index (χ2v) is 9.60. The minimum atomic E-state index is -0.0195. The van der Waals surface area contributed by atoms with Crippen LogP contribution in [0.3, 0.4) is 0 Å². The molecule has 1 aromatic carbocycles. The monoisotopic (exact) mass is 452 g/mol. The van der Waals surface area contributed by atoms with E-state index in [1.807, 2.05) is 20.1 Å². The molecular weight excluding hydrogens is 420 g/mol. The number of nitrogens with one attached hydrogen (secondary N) is 1. The zero-order valence-electron chi connectivity index (χ0n) is 19.4. The van der Waals surface area contributed by atoms with Crippen molar-refractivity contribution in [1.29, 1.82) is 0 Å². The van der Waals surface area contributed by atoms with Crippen LogP contribution in [0.1, 0.15) is 47.8 Å². The molecule has 1 unspecified atom stereocenters. The van der Waals surface area contributed by atoms with Crippen molar-refractivity contribution in [3.05, 3.63) is 52.3 Å². The smallest absolute Gasteiger partial charge is 0.253 e. The fraction of sp³-hybridized carbons (Fsp3) is 0.500. The standard InChI is InChI=1S/C24H32N6OS/c1-16-6-5-11-29(14-16)15-20-9-7-19(8-10-20)13-25-22(31)12-21-17(2)26-23-27-24(32-4)28-30(23)18(21)3/h7-10,16H,5-6,11-15H2,1-4H3,(H,25,31). The number of nitrogens with zero attached hydrogens (tertiary/aromatic N) is 5. The van der Waals surface area contributed by atoms with Gasteiger partial charge in [-0.3, -0.25) is 9.69 Å². The molecule has 1 N–H and O–H groups in total. The molecule has 1 amide bonds. The number of aryl methyl sites for hydroxylation is 2. The number of carbonyl (C=O) groups is 1. The molecule has 0 aliphatic carbocycles. The first-order valence-corrected chi connectivity index (χ1v) is 12.5. The predicted molar refractivity (Wildman–Crippen MR) is 128 cm³/mol. The van der Waals surface area contributed by atoms with Crippen molar-refractivity contribution in [3.8, 4) is 0 Å². The number of rotatable bonds is 7. The second-order valence-electron chi connectivity index (χ2n) is 8.82. The molecule has 8 heteroatoms. The number of thioether (sulfide) groups is 1. The Morgan fingerprint density at radius 2 is 1.94 bits per heavy atom. The number of carbonyl (C=O) groups excluding carboxylic acids is 1. The number of hydrogen-bond acceptors (Lipinski definition) is 6. The van der Waals surface area contributed by atoms with E-state index in [1.54, 1.807) is 4.52 Å². The molecule has 0 spiro atoms. The van der Waals surface area contributed by atoms with Gasteiger partial charge in [0, 0.05) is 36.6 Å². The van der Waals surface area contributed by atoms with Gasteiger partial charge in [0.15, 0.2) is 0 Å². The highest BCUT2D eigenvalue weighted by atomic mass is 32.2. The summed E-state index contributed by atoms with van der Waals surface area (Å²) in [7, 11) is 0. The van der Waals surface area contributed by atoms with Crippen molar-refractivity contribution < 1.29 is 4.79 Å². The van der Waals surface area contributed by atoms with Crippen LogP contribution in [0.4, 0.5) is 0 Å². The molecule has 1 aliphatic heterocycles. The summed E-state index contributed by atoms with van der Waals surface area (Å²) in [6.07, 6.45) is 4.85. The van der Waals surface area contributed by atoms with Crippen LogP contribution in [0.25, 0.3) is 5.78 Å². The number of likely N-dealkylation sites (tertiary alicyclic amines) is 1. The second kappa shape index (κ2) is 10.0. The zero-order valence-corrected chi connectivity index (χ0v) is 20.2. The van der Waals surface area contributed by atoms with Gasteiger partial charge in [-0.15, -0.1) is 5.10 Å². The summed E-state index contributed by atoms with van der Waals surface area (Å²) in [6, 6.07) is 8.60. The molecule has 4 rings (SSSR count). The lowest BCUT2D eigenvalue weighted by Crippen LogP contribution is -2.33. The molecular formula is C24H32N6OS. The van der Waals surface area contributed by atoms with Gasteiger partial charge in [0.25, 0.3) is 5.78 Å². The van der Waals surface area contributed by atoms with Crippen molar-refractivity contribution in [2.24, 2.45) is 5.92 Å². The van der Waals surface area contributed by atoms with E-state index in [0.29, 0.717) is 17.5 Å². The third-order valence-corrected chi connectivity index (χ3v) is 6.75. The summed E-state index contributed by atoms with van der Waals surface area (Å²) in [5.41, 5.74) is 5.07. The molecule has 3 aromatic rings. The molecule has 1 fully saturated rings. The van der Waals surface area contributed by atoms with Gasteiger partial charge in [-0.1, -0.05) is 43.0 Å². The molecule has 0 radical (unpaired) electrons. The fourth-order valence-corrected chi connectivity index (χ4v) is 4.74. The largest absolute Gasteiger partial charge is 0.352 e. The van der Waals surface area contributed by atoms with Crippen molar-refractivity contribution in [3.63, 3.8) is 0 Å². The van der Waals surface area contributed by atoms with Crippen molar-refractivity contribution >= 4 is 23.4 Å². The molecule has 0 saturated carbocycles. The van der Waals surface area contributed by atoms with E-state index in [-0.39, 0.29) is 12.3 Å². The van der Waals surface area contributed by atoms with Gasteiger partial charge in [-0.2, -0.15) is 4.98 Å². The highest BCUT2D eigenvalue weighted by molar-refractivity contribution is 7.98. The maximum absolute atomic E-state index is 12.7. The third kappa shape index (κ3) is 5.30. The first-order chi connectivity index (χ1) is 15.4. The van der Waals surface area contributed by atoms with Crippen LogP contribution in [0.15, 0.2) is 29.4 Å². The highest BCUT2D eigenvalue weighted by Crippen LogP contribution is 2.19. The molecule has 1 aliphatic rings. The van der Waals surface area contributed by atoms with Gasteiger partial charge < -0.3 is 5.32 Å². The SMILES string of the molecule is CSc1nc2nc(C)c(CC(=O)NCc3ccc(CN4CCCC(C)C4)cc3)c(C)n2n1. The van der Waals surface area contributed by atoms with Gasteiger partial charge in [0.1, 0.15) is 0 Å². The Morgan fingerprint density at radius 1 is 1.19 bits per heavy atom. The first-order valence-electron chi connectivity index (χ1n) is 11.3. The average Bonchev–Trinajstić information content (AvgIpc) is 3.19. The molecule has 32 heavy (non-hydrogen) atoms. The molecule has 7 nitrogen and oxygen atoms in total. The number of fused-ring (bicyclic) bond motifs is 1. The summed E-state index contributed by atoms with van der Waals surface area (Å²) in [6.45, 7) is 10.1. The van der Waals surface area contributed by atoms with E-state index in [0.717, 1.165) is 35.0 Å². The highest BCUT2D eigenvalue weighted by Gasteiger charge is 2.17. The van der Waals surface area contributed by atoms with E-state index in [2.05, 4.69) is 56.5 Å². The molecule has 1 saturated heterocycles. The van der Waals surface area contributed by atoms with Gasteiger partial charge in [-0.25, -0.2) is 9.50 Å². The van der Waals surface area contributed by atoms with E-state index < -0.39 is 0 Å². The van der Waals surface area contributed by atoms with Crippen LogP contribution in [0, 0.1) is 19.8 Å². The predicted octanol–water partition coefficient (Wildman–Crippen LogP) is 3.55. The summed E-state index contributed by atoms with van der Waals surface area (Å²) >= 11 is 1.48. The summed E-state index contributed by atoms with van der Waals surface area (Å²) in [4.78, 5) is 24.1. The Hall–Kier alpha value is -2.45. The van der Waals surface area contributed by atoms with Crippen LogP contribution in [0.2, 0.25) is 0 Å². The Kier molecular flexibility index (Phi) is 7.10. The van der Waals surface area contributed by atoms with E-state index in [1.165, 1.54) is 43.3 Å². The molecule has 0 bridgehead atoms. The van der Waals surface area contributed by atoms with Gasteiger partial charge >= 0.3 is 0 Å². The number of hydrogen-bond donors (Lipinski definition) is 1. The van der Waals surface area contributed by atoms with E-state index in [4.69, 9.17) is 0 Å². The van der Waals surface area contributed by atoms with Crippen LogP contribution in [-0.4, -0.2) is 49.7 Å². The molecule has 170 valence electrons. The van der Waals surface area contributed by atoms with E-state index in [9.17, 15) is 4.79 Å². The van der Waals surface area contributed by atoms with E-state index >= 15 is 0 Å². The lowest BCUT2D eigenvalue weighted by Gasteiger charge is -2.30. The number of amides is 1. The maximum atomic E-state index is 12.7. The quantitative estimate of drug-likeness (QED) is 0.553. The van der Waals surface area contributed by atoms with Crippen LogP contribution in [0.5, 0.6) is 0 Å². The van der Waals surface area contributed by atoms with Crippen LogP contribution >= 0.6 is 11.8 Å². The van der Waals surface area contributed by atoms with Crippen molar-refractivity contribution in [2.45, 2.75) is 58.3 Å². The Morgan fingerprint density at radius 3 is 2.66 bits per heavy atom. The lowest BCUT2D eigenvalue weighted by molar-refractivity contribution is -0.120. The van der Waals surface area contributed by atoms with Crippen molar-refractivity contribution in [1.82, 2.24) is 29.8 Å². The Labute approximate surface area is 194 Å². The molecule has 1 atom stereocenters. The third-order valence-electron chi connectivity index (χ3n) is 6.21. The number of piperidine rings is 1. The fourth-order valence-electron chi connectivity index (χ4n) is 4.41. The Balaban J connectivity index is 1.34. The number of aromatic nitrogens is 4. The minimum absolute atomic E-state index is 0.0195. The summed E-state index contributed by atoms with van der Waals surface area (Å²) in [5, 5.41) is 8.19. The zero-order chi connectivity index (χ0) is 22.7. The van der Waals surface area contributed by atoms with Gasteiger partial charge in [-0.05, 0) is 56.5 Å². The van der Waals surface area contributed by atoms with Crippen LogP contribution < -0.4 is 5.32 Å². The maximum Gasteiger partial charge on any atom is 0.253 e. The summed E-state index contributed by atoms with van der Waals surface area (Å²) in [5.74, 6) is 1.35. The van der Waals surface area contributed by atoms with Gasteiger partial charge in [0.2, 0.25) is 11.1 Å². The topological polar surface area (TPSA) is 75.4 Å². The number of benzene rings is 1. The summed E-state index contributed by atoms with van der Waals surface area (Å²) < 4.78 is 1.73.